The summed E-state index contributed by atoms with van der Waals surface area (Å²) in [5.74, 6) is 1.61. The molecule has 1 aliphatic rings. The summed E-state index contributed by atoms with van der Waals surface area (Å²) in [7, 11) is 2.30. The standard InChI is InChI=1S/C19H26N2O/c1-16(14-21-12-10-20(2)11-13-21)15-22-19-9-5-7-17-6-3-4-8-18(17)19/h3-9,16H,10-15H2,1-2H3/p+2/t16-/m1/s1. The average Bonchev–Trinajstić information content (AvgIpc) is 2.55. The van der Waals surface area contributed by atoms with Crippen LogP contribution in [0.25, 0.3) is 10.8 Å². The van der Waals surface area contributed by atoms with Gasteiger partial charge in [0, 0.05) is 11.3 Å². The van der Waals surface area contributed by atoms with Gasteiger partial charge in [0.1, 0.15) is 31.9 Å². The van der Waals surface area contributed by atoms with Crippen LogP contribution < -0.4 is 14.5 Å². The smallest absolute Gasteiger partial charge is 0.127 e. The highest BCUT2D eigenvalue weighted by molar-refractivity contribution is 5.88. The molecule has 3 heteroatoms. The van der Waals surface area contributed by atoms with Crippen molar-refractivity contribution in [3.8, 4) is 5.75 Å². The highest BCUT2D eigenvalue weighted by Crippen LogP contribution is 2.25. The minimum atomic E-state index is 0.590. The van der Waals surface area contributed by atoms with Crippen LogP contribution in [0.4, 0.5) is 0 Å². The topological polar surface area (TPSA) is 18.1 Å². The van der Waals surface area contributed by atoms with Crippen LogP contribution in [0.2, 0.25) is 0 Å². The Morgan fingerprint density at radius 2 is 1.73 bits per heavy atom. The molecule has 0 aromatic heterocycles. The van der Waals surface area contributed by atoms with E-state index in [-0.39, 0.29) is 0 Å². The molecule has 2 aromatic carbocycles. The van der Waals surface area contributed by atoms with E-state index in [4.69, 9.17) is 4.74 Å². The molecule has 1 aliphatic heterocycles. The summed E-state index contributed by atoms with van der Waals surface area (Å²) in [5.41, 5.74) is 0. The predicted molar refractivity (Wildman–Crippen MR) is 90.8 cm³/mol. The van der Waals surface area contributed by atoms with Crippen LogP contribution >= 0.6 is 0 Å². The van der Waals surface area contributed by atoms with E-state index in [2.05, 4.69) is 56.4 Å². The van der Waals surface area contributed by atoms with Gasteiger partial charge < -0.3 is 14.5 Å². The molecular weight excluding hydrogens is 272 g/mol. The van der Waals surface area contributed by atoms with Crippen LogP contribution in [0, 0.1) is 5.92 Å². The maximum atomic E-state index is 6.13. The molecule has 1 heterocycles. The minimum absolute atomic E-state index is 0.590. The predicted octanol–water partition coefficient (Wildman–Crippen LogP) is 0.268. The normalized spacial score (nSPS) is 23.4. The van der Waals surface area contributed by atoms with E-state index in [0.29, 0.717) is 5.92 Å². The van der Waals surface area contributed by atoms with Gasteiger partial charge in [-0.25, -0.2) is 0 Å². The third-order valence-electron chi connectivity index (χ3n) is 4.72. The zero-order chi connectivity index (χ0) is 15.4. The highest BCUT2D eigenvalue weighted by Gasteiger charge is 2.22. The molecule has 1 fully saturated rings. The van der Waals surface area contributed by atoms with Crippen molar-refractivity contribution >= 4 is 10.8 Å². The van der Waals surface area contributed by atoms with Gasteiger partial charge in [-0.1, -0.05) is 43.3 Å². The third kappa shape index (κ3) is 3.79. The number of piperazine rings is 1. The van der Waals surface area contributed by atoms with E-state index in [0.717, 1.165) is 12.4 Å². The van der Waals surface area contributed by atoms with Crippen molar-refractivity contribution in [2.75, 3.05) is 46.4 Å². The Balaban J connectivity index is 1.55. The Morgan fingerprint density at radius 3 is 2.55 bits per heavy atom. The van der Waals surface area contributed by atoms with E-state index in [1.54, 1.807) is 9.80 Å². The number of quaternary nitrogens is 2. The molecule has 0 radical (unpaired) electrons. The largest absolute Gasteiger partial charge is 0.492 e. The first-order valence-corrected chi connectivity index (χ1v) is 8.48. The van der Waals surface area contributed by atoms with Gasteiger partial charge in [0.2, 0.25) is 0 Å². The molecule has 0 saturated carbocycles. The van der Waals surface area contributed by atoms with Crippen LogP contribution in [0.1, 0.15) is 6.92 Å². The van der Waals surface area contributed by atoms with Crippen LogP contribution in [-0.4, -0.2) is 46.4 Å². The van der Waals surface area contributed by atoms with Gasteiger partial charge in [0.15, 0.2) is 0 Å². The molecule has 0 aliphatic carbocycles. The Kier molecular flexibility index (Phi) is 4.96. The van der Waals surface area contributed by atoms with E-state index in [1.807, 2.05) is 0 Å². The van der Waals surface area contributed by atoms with Gasteiger partial charge in [-0.2, -0.15) is 0 Å². The molecule has 1 saturated heterocycles. The summed E-state index contributed by atoms with van der Waals surface area (Å²) in [6.45, 7) is 9.52. The van der Waals surface area contributed by atoms with E-state index < -0.39 is 0 Å². The molecule has 0 bridgehead atoms. The van der Waals surface area contributed by atoms with Crippen LogP contribution in [0.5, 0.6) is 5.75 Å². The lowest BCUT2D eigenvalue weighted by atomic mass is 10.1. The minimum Gasteiger partial charge on any atom is -0.492 e. The van der Waals surface area contributed by atoms with Crippen LogP contribution in [-0.2, 0) is 0 Å². The number of benzene rings is 2. The van der Waals surface area contributed by atoms with E-state index in [1.165, 1.54) is 43.5 Å². The van der Waals surface area contributed by atoms with E-state index >= 15 is 0 Å². The zero-order valence-corrected chi connectivity index (χ0v) is 13.8. The summed E-state index contributed by atoms with van der Waals surface area (Å²) >= 11 is 0. The first-order valence-electron chi connectivity index (χ1n) is 8.48. The summed E-state index contributed by atoms with van der Waals surface area (Å²) in [6.07, 6.45) is 0. The molecular formula is C19H28N2O+2. The van der Waals surface area contributed by atoms with Gasteiger partial charge in [0.25, 0.3) is 0 Å². The molecule has 2 N–H and O–H groups in total. The fraction of sp³-hybridized carbons (Fsp3) is 0.474. The number of hydrogen-bond acceptors (Lipinski definition) is 1. The maximum absolute atomic E-state index is 6.13. The van der Waals surface area contributed by atoms with Crippen molar-refractivity contribution in [1.82, 2.24) is 0 Å². The SMILES string of the molecule is C[C@@H](COc1cccc2ccccc12)C[NH+]1CC[NH+](C)CC1. The molecule has 0 unspecified atom stereocenters. The van der Waals surface area contributed by atoms with Crippen molar-refractivity contribution in [2.45, 2.75) is 6.92 Å². The number of rotatable bonds is 5. The molecule has 3 rings (SSSR count). The second-order valence-electron chi connectivity index (χ2n) is 6.80. The Hall–Kier alpha value is -1.58. The van der Waals surface area contributed by atoms with Crippen molar-refractivity contribution in [1.29, 1.82) is 0 Å². The Morgan fingerprint density at radius 1 is 1.00 bits per heavy atom. The Bertz CT molecular complexity index is 600. The van der Waals surface area contributed by atoms with Gasteiger partial charge in [0.05, 0.1) is 20.2 Å². The monoisotopic (exact) mass is 300 g/mol. The van der Waals surface area contributed by atoms with Gasteiger partial charge >= 0.3 is 0 Å². The number of fused-ring (bicyclic) bond motifs is 1. The fourth-order valence-electron chi connectivity index (χ4n) is 3.34. The van der Waals surface area contributed by atoms with Gasteiger partial charge in [-0.15, -0.1) is 0 Å². The molecule has 22 heavy (non-hydrogen) atoms. The molecule has 118 valence electrons. The molecule has 3 nitrogen and oxygen atoms in total. The lowest BCUT2D eigenvalue weighted by Crippen LogP contribution is -3.27. The highest BCUT2D eigenvalue weighted by atomic mass is 16.5. The number of hydrogen-bond donors (Lipinski definition) is 2. The Labute approximate surface area is 133 Å². The van der Waals surface area contributed by atoms with Crippen molar-refractivity contribution in [3.05, 3.63) is 42.5 Å². The molecule has 2 aromatic rings. The molecule has 1 atom stereocenters. The van der Waals surface area contributed by atoms with E-state index in [9.17, 15) is 0 Å². The first-order chi connectivity index (χ1) is 10.7. The first kappa shape index (κ1) is 15.3. The lowest BCUT2D eigenvalue weighted by molar-refractivity contribution is -1.00. The van der Waals surface area contributed by atoms with Crippen molar-refractivity contribution in [2.24, 2.45) is 5.92 Å². The maximum Gasteiger partial charge on any atom is 0.127 e. The van der Waals surface area contributed by atoms with Crippen molar-refractivity contribution < 1.29 is 14.5 Å². The van der Waals surface area contributed by atoms with Crippen molar-refractivity contribution in [3.63, 3.8) is 0 Å². The second-order valence-corrected chi connectivity index (χ2v) is 6.80. The summed E-state index contributed by atoms with van der Waals surface area (Å²) in [5, 5.41) is 2.47. The summed E-state index contributed by atoms with van der Waals surface area (Å²) in [6, 6.07) is 14.7. The van der Waals surface area contributed by atoms with Crippen LogP contribution in [0.3, 0.4) is 0 Å². The summed E-state index contributed by atoms with van der Waals surface area (Å²) < 4.78 is 6.13. The van der Waals surface area contributed by atoms with Gasteiger partial charge in [-0.05, 0) is 11.5 Å². The average molecular weight is 300 g/mol. The summed E-state index contributed by atoms with van der Waals surface area (Å²) in [4.78, 5) is 3.41. The number of nitrogens with one attached hydrogen (secondary N) is 2. The lowest BCUT2D eigenvalue weighted by Gasteiger charge is -2.29. The number of ether oxygens (including phenoxy) is 1. The third-order valence-corrected chi connectivity index (χ3v) is 4.72. The molecule has 0 spiro atoms. The quantitative estimate of drug-likeness (QED) is 0.811. The molecule has 0 amide bonds. The number of likely N-dealkylation sites (N-methyl/N-ethyl adjacent to an activating group) is 1. The van der Waals surface area contributed by atoms with Gasteiger partial charge in [-0.3, -0.25) is 0 Å². The fourth-order valence-corrected chi connectivity index (χ4v) is 3.34. The van der Waals surface area contributed by atoms with Crippen LogP contribution in [0.15, 0.2) is 42.5 Å². The second kappa shape index (κ2) is 7.12. The zero-order valence-electron chi connectivity index (χ0n) is 13.8.